The fourth-order valence-electron chi connectivity index (χ4n) is 3.75. The van der Waals surface area contributed by atoms with Crippen LogP contribution in [0, 0.1) is 5.92 Å². The van der Waals surface area contributed by atoms with Crippen molar-refractivity contribution in [3.8, 4) is 0 Å². The third-order valence-electron chi connectivity index (χ3n) is 5.04. The molecule has 3 N–H and O–H groups in total. The Kier molecular flexibility index (Phi) is 3.90. The molecule has 0 bridgehead atoms. The van der Waals surface area contributed by atoms with Crippen LogP contribution in [0.4, 0.5) is 5.82 Å². The van der Waals surface area contributed by atoms with E-state index in [9.17, 15) is 5.11 Å². The molecule has 3 aromatic rings. The van der Waals surface area contributed by atoms with Gasteiger partial charge < -0.3 is 15.4 Å². The number of aliphatic hydroxyl groups is 1. The molecule has 5 nitrogen and oxygen atoms in total. The largest absolute Gasteiger partial charge is 0.388 e. The summed E-state index contributed by atoms with van der Waals surface area (Å²) in [5.74, 6) is 0.738. The second-order valence-electron chi connectivity index (χ2n) is 6.44. The SMILES string of the molecule is Nc1ncnc2c1ccn2C1CCC(C(O)c2ccc(Cl)cc2)C1. The lowest BCUT2D eigenvalue weighted by Gasteiger charge is -2.19. The molecule has 1 aliphatic carbocycles. The van der Waals surface area contributed by atoms with Gasteiger partial charge in [-0.2, -0.15) is 0 Å². The topological polar surface area (TPSA) is 77.0 Å². The highest BCUT2D eigenvalue weighted by atomic mass is 35.5. The van der Waals surface area contributed by atoms with Crippen molar-refractivity contribution in [2.24, 2.45) is 5.92 Å². The molecule has 1 aromatic carbocycles. The van der Waals surface area contributed by atoms with Crippen LogP contribution in [0.2, 0.25) is 5.02 Å². The number of nitrogen functional groups attached to an aromatic ring is 1. The van der Waals surface area contributed by atoms with Gasteiger partial charge in [-0.3, -0.25) is 0 Å². The van der Waals surface area contributed by atoms with Crippen molar-refractivity contribution in [2.75, 3.05) is 5.73 Å². The number of hydrogen-bond donors (Lipinski definition) is 2. The molecule has 2 heterocycles. The summed E-state index contributed by atoms with van der Waals surface area (Å²) in [5.41, 5.74) is 7.71. The molecule has 124 valence electrons. The van der Waals surface area contributed by atoms with Crippen molar-refractivity contribution in [3.63, 3.8) is 0 Å². The summed E-state index contributed by atoms with van der Waals surface area (Å²) in [6.07, 6.45) is 5.98. The smallest absolute Gasteiger partial charge is 0.145 e. The number of halogens is 1. The number of nitrogens with two attached hydrogens (primary N) is 1. The minimum atomic E-state index is -0.464. The number of aliphatic hydroxyl groups excluding tert-OH is 1. The maximum Gasteiger partial charge on any atom is 0.145 e. The van der Waals surface area contributed by atoms with Crippen molar-refractivity contribution < 1.29 is 5.11 Å². The van der Waals surface area contributed by atoms with E-state index in [4.69, 9.17) is 17.3 Å². The molecular formula is C18H19ClN4O. The molecular weight excluding hydrogens is 324 g/mol. The Labute approximate surface area is 145 Å². The summed E-state index contributed by atoms with van der Waals surface area (Å²) >= 11 is 5.93. The van der Waals surface area contributed by atoms with Crippen molar-refractivity contribution in [2.45, 2.75) is 31.4 Å². The van der Waals surface area contributed by atoms with Crippen LogP contribution < -0.4 is 5.73 Å². The number of aromatic nitrogens is 3. The molecule has 24 heavy (non-hydrogen) atoms. The normalized spacial score (nSPS) is 22.1. The van der Waals surface area contributed by atoms with E-state index in [0.717, 1.165) is 35.9 Å². The minimum Gasteiger partial charge on any atom is -0.388 e. The molecule has 0 radical (unpaired) electrons. The van der Waals surface area contributed by atoms with Gasteiger partial charge in [0.25, 0.3) is 0 Å². The zero-order valence-corrected chi connectivity index (χ0v) is 13.9. The lowest BCUT2D eigenvalue weighted by Crippen LogP contribution is -2.11. The van der Waals surface area contributed by atoms with Crippen LogP contribution in [0.25, 0.3) is 11.0 Å². The fourth-order valence-corrected chi connectivity index (χ4v) is 3.87. The Morgan fingerprint density at radius 2 is 1.96 bits per heavy atom. The van der Waals surface area contributed by atoms with Gasteiger partial charge in [-0.1, -0.05) is 23.7 Å². The molecule has 1 fully saturated rings. The van der Waals surface area contributed by atoms with Gasteiger partial charge in [0.2, 0.25) is 0 Å². The van der Waals surface area contributed by atoms with Gasteiger partial charge in [0, 0.05) is 17.3 Å². The van der Waals surface area contributed by atoms with E-state index in [2.05, 4.69) is 14.5 Å². The Hall–Kier alpha value is -2.11. The Morgan fingerprint density at radius 3 is 2.75 bits per heavy atom. The van der Waals surface area contributed by atoms with E-state index < -0.39 is 6.10 Å². The number of benzene rings is 1. The predicted octanol–water partition coefficient (Wildman–Crippen LogP) is 3.74. The van der Waals surface area contributed by atoms with E-state index in [0.29, 0.717) is 16.9 Å². The van der Waals surface area contributed by atoms with Crippen LogP contribution >= 0.6 is 11.6 Å². The van der Waals surface area contributed by atoms with Crippen molar-refractivity contribution in [1.29, 1.82) is 0 Å². The molecule has 1 saturated carbocycles. The average Bonchev–Trinajstić information content (AvgIpc) is 3.22. The average molecular weight is 343 g/mol. The quantitative estimate of drug-likeness (QED) is 0.760. The first-order chi connectivity index (χ1) is 11.6. The zero-order chi connectivity index (χ0) is 16.7. The summed E-state index contributed by atoms with van der Waals surface area (Å²) in [7, 11) is 0. The highest BCUT2D eigenvalue weighted by Gasteiger charge is 2.32. The second-order valence-corrected chi connectivity index (χ2v) is 6.88. The Balaban J connectivity index is 1.55. The highest BCUT2D eigenvalue weighted by molar-refractivity contribution is 6.30. The summed E-state index contributed by atoms with van der Waals surface area (Å²) in [4.78, 5) is 8.42. The molecule has 0 spiro atoms. The molecule has 1 aliphatic rings. The molecule has 3 atom stereocenters. The van der Waals surface area contributed by atoms with E-state index in [1.807, 2.05) is 36.5 Å². The van der Waals surface area contributed by atoms with Crippen molar-refractivity contribution in [1.82, 2.24) is 14.5 Å². The fraction of sp³-hybridized carbons (Fsp3) is 0.333. The number of nitrogens with zero attached hydrogens (tertiary/aromatic N) is 3. The molecule has 0 saturated heterocycles. The monoisotopic (exact) mass is 342 g/mol. The number of rotatable bonds is 3. The summed E-state index contributed by atoms with van der Waals surface area (Å²) in [6.45, 7) is 0. The first-order valence-corrected chi connectivity index (χ1v) is 8.52. The van der Waals surface area contributed by atoms with E-state index >= 15 is 0 Å². The number of hydrogen-bond acceptors (Lipinski definition) is 4. The molecule has 2 aromatic heterocycles. The Bertz CT molecular complexity index is 861. The number of fused-ring (bicyclic) bond motifs is 1. The maximum atomic E-state index is 10.7. The second kappa shape index (κ2) is 6.07. The van der Waals surface area contributed by atoms with Crippen LogP contribution in [-0.2, 0) is 0 Å². The van der Waals surface area contributed by atoms with Gasteiger partial charge in [-0.05, 0) is 48.9 Å². The highest BCUT2D eigenvalue weighted by Crippen LogP contribution is 2.42. The molecule has 6 heteroatoms. The molecule has 0 aliphatic heterocycles. The zero-order valence-electron chi connectivity index (χ0n) is 13.1. The van der Waals surface area contributed by atoms with Gasteiger partial charge in [-0.15, -0.1) is 0 Å². The first-order valence-electron chi connectivity index (χ1n) is 8.14. The van der Waals surface area contributed by atoms with Gasteiger partial charge >= 0.3 is 0 Å². The maximum absolute atomic E-state index is 10.7. The van der Waals surface area contributed by atoms with Crippen molar-refractivity contribution in [3.05, 3.63) is 53.4 Å². The van der Waals surface area contributed by atoms with Crippen LogP contribution in [0.1, 0.15) is 37.0 Å². The van der Waals surface area contributed by atoms with E-state index in [-0.39, 0.29) is 5.92 Å². The molecule has 4 rings (SSSR count). The molecule has 3 unspecified atom stereocenters. The summed E-state index contributed by atoms with van der Waals surface area (Å²) < 4.78 is 2.17. The van der Waals surface area contributed by atoms with Crippen molar-refractivity contribution >= 4 is 28.5 Å². The first kappa shape index (κ1) is 15.4. The van der Waals surface area contributed by atoms with Gasteiger partial charge in [0.05, 0.1) is 11.5 Å². The van der Waals surface area contributed by atoms with Crippen LogP contribution in [-0.4, -0.2) is 19.6 Å². The lowest BCUT2D eigenvalue weighted by molar-refractivity contribution is 0.109. The van der Waals surface area contributed by atoms with E-state index in [1.54, 1.807) is 0 Å². The lowest BCUT2D eigenvalue weighted by atomic mass is 9.94. The Morgan fingerprint density at radius 1 is 1.17 bits per heavy atom. The minimum absolute atomic E-state index is 0.229. The predicted molar refractivity (Wildman–Crippen MR) is 94.7 cm³/mol. The molecule has 0 amide bonds. The summed E-state index contributed by atoms with van der Waals surface area (Å²) in [5, 5.41) is 12.3. The third-order valence-corrected chi connectivity index (χ3v) is 5.29. The number of anilines is 1. The van der Waals surface area contributed by atoms with Gasteiger partial charge in [-0.25, -0.2) is 9.97 Å². The van der Waals surface area contributed by atoms with E-state index in [1.165, 1.54) is 6.33 Å². The summed E-state index contributed by atoms with van der Waals surface area (Å²) in [6, 6.07) is 9.74. The van der Waals surface area contributed by atoms with Crippen LogP contribution in [0.5, 0.6) is 0 Å². The van der Waals surface area contributed by atoms with Gasteiger partial charge in [0.1, 0.15) is 17.8 Å². The van der Waals surface area contributed by atoms with Crippen LogP contribution in [0.15, 0.2) is 42.9 Å². The standard InChI is InChI=1S/C18H19ClN4O/c19-13-4-1-11(2-5-13)16(24)12-3-6-14(9-12)23-8-7-15-17(20)21-10-22-18(15)23/h1-2,4-5,7-8,10,12,14,16,24H,3,6,9H2,(H2,20,21,22). The van der Waals surface area contributed by atoms with Crippen LogP contribution in [0.3, 0.4) is 0 Å². The third kappa shape index (κ3) is 2.64. The van der Waals surface area contributed by atoms with Gasteiger partial charge in [0.15, 0.2) is 0 Å².